The van der Waals surface area contributed by atoms with Crippen LogP contribution < -0.4 is 5.32 Å². The lowest BCUT2D eigenvalue weighted by atomic mass is 10.2. The Hall–Kier alpha value is -0.760. The van der Waals surface area contributed by atoms with Crippen LogP contribution in [0.5, 0.6) is 0 Å². The summed E-state index contributed by atoms with van der Waals surface area (Å²) in [5.41, 5.74) is 2.17. The van der Waals surface area contributed by atoms with Crippen molar-refractivity contribution in [1.82, 2.24) is 4.98 Å². The van der Waals surface area contributed by atoms with Gasteiger partial charge in [-0.25, -0.2) is 4.98 Å². The van der Waals surface area contributed by atoms with Crippen molar-refractivity contribution in [3.05, 3.63) is 23.0 Å². The topological polar surface area (TPSA) is 24.9 Å². The van der Waals surface area contributed by atoms with E-state index in [0.29, 0.717) is 11.2 Å². The smallest absolute Gasteiger partial charge is 0.152 e. The van der Waals surface area contributed by atoms with Gasteiger partial charge in [-0.05, 0) is 31.4 Å². The molecule has 12 heavy (non-hydrogen) atoms. The third-order valence-corrected chi connectivity index (χ3v) is 2.33. The second kappa shape index (κ2) is 2.94. The molecule has 1 aliphatic carbocycles. The summed E-state index contributed by atoms with van der Waals surface area (Å²) in [6.45, 7) is 2.04. The standard InChI is InChI=1S/C9H11ClN2/c1-6-4-5-11-9(10)8(6)12-7-2-3-7/h4-5,7,12H,2-3H2,1H3. The third kappa shape index (κ3) is 1.53. The van der Waals surface area contributed by atoms with Crippen molar-refractivity contribution in [3.63, 3.8) is 0 Å². The molecule has 2 rings (SSSR count). The minimum atomic E-state index is 0.585. The van der Waals surface area contributed by atoms with Crippen LogP contribution in [0.15, 0.2) is 12.3 Å². The van der Waals surface area contributed by atoms with Crippen molar-refractivity contribution >= 4 is 17.3 Å². The summed E-state index contributed by atoms with van der Waals surface area (Å²) in [5.74, 6) is 0. The Labute approximate surface area is 77.0 Å². The molecule has 1 aromatic heterocycles. The Bertz CT molecular complexity index is 274. The lowest BCUT2D eigenvalue weighted by Crippen LogP contribution is -2.03. The van der Waals surface area contributed by atoms with E-state index in [1.165, 1.54) is 18.4 Å². The van der Waals surface area contributed by atoms with E-state index in [1.54, 1.807) is 6.20 Å². The number of hydrogen-bond acceptors (Lipinski definition) is 2. The SMILES string of the molecule is Cc1ccnc(Cl)c1NC1CC1. The van der Waals surface area contributed by atoms with Crippen LogP contribution in [0, 0.1) is 6.92 Å². The van der Waals surface area contributed by atoms with Gasteiger partial charge in [0.1, 0.15) is 0 Å². The number of hydrogen-bond donors (Lipinski definition) is 1. The second-order valence-electron chi connectivity index (χ2n) is 3.21. The van der Waals surface area contributed by atoms with Gasteiger partial charge in [0.05, 0.1) is 5.69 Å². The summed E-state index contributed by atoms with van der Waals surface area (Å²) in [4.78, 5) is 4.02. The van der Waals surface area contributed by atoms with Gasteiger partial charge < -0.3 is 5.32 Å². The molecule has 1 N–H and O–H groups in total. The first-order valence-electron chi connectivity index (χ1n) is 4.15. The molecule has 0 spiro atoms. The van der Waals surface area contributed by atoms with Gasteiger partial charge in [0, 0.05) is 12.2 Å². The molecule has 1 saturated carbocycles. The molecule has 0 atom stereocenters. The molecule has 0 radical (unpaired) electrons. The van der Waals surface area contributed by atoms with Crippen LogP contribution in [0.25, 0.3) is 0 Å². The Morgan fingerprint density at radius 2 is 2.33 bits per heavy atom. The molecule has 3 heteroatoms. The fourth-order valence-electron chi connectivity index (χ4n) is 1.13. The normalized spacial score (nSPS) is 16.2. The zero-order chi connectivity index (χ0) is 8.55. The highest BCUT2D eigenvalue weighted by atomic mass is 35.5. The van der Waals surface area contributed by atoms with E-state index in [-0.39, 0.29) is 0 Å². The number of aromatic nitrogens is 1. The van der Waals surface area contributed by atoms with Gasteiger partial charge in [0.25, 0.3) is 0 Å². The van der Waals surface area contributed by atoms with Crippen LogP contribution in [0.1, 0.15) is 18.4 Å². The fourth-order valence-corrected chi connectivity index (χ4v) is 1.39. The van der Waals surface area contributed by atoms with Gasteiger partial charge in [0.15, 0.2) is 5.15 Å². The zero-order valence-electron chi connectivity index (χ0n) is 6.97. The maximum atomic E-state index is 5.93. The average Bonchev–Trinajstić information content (AvgIpc) is 2.80. The van der Waals surface area contributed by atoms with Gasteiger partial charge in [-0.1, -0.05) is 11.6 Å². The average molecular weight is 183 g/mol. The summed E-state index contributed by atoms with van der Waals surface area (Å²) in [6, 6.07) is 2.60. The molecular weight excluding hydrogens is 172 g/mol. The van der Waals surface area contributed by atoms with E-state index in [2.05, 4.69) is 10.3 Å². The van der Waals surface area contributed by atoms with Crippen molar-refractivity contribution in [3.8, 4) is 0 Å². The molecule has 0 bridgehead atoms. The molecule has 64 valence electrons. The van der Waals surface area contributed by atoms with E-state index in [9.17, 15) is 0 Å². The highest BCUT2D eigenvalue weighted by Crippen LogP contribution is 2.30. The molecule has 0 saturated heterocycles. The minimum absolute atomic E-state index is 0.585. The highest BCUT2D eigenvalue weighted by molar-refractivity contribution is 6.32. The molecular formula is C9H11ClN2. The Morgan fingerprint density at radius 1 is 1.58 bits per heavy atom. The van der Waals surface area contributed by atoms with Crippen molar-refractivity contribution in [2.24, 2.45) is 0 Å². The maximum absolute atomic E-state index is 5.93. The zero-order valence-corrected chi connectivity index (χ0v) is 7.73. The van der Waals surface area contributed by atoms with Gasteiger partial charge >= 0.3 is 0 Å². The molecule has 1 heterocycles. The predicted molar refractivity (Wildman–Crippen MR) is 50.6 cm³/mol. The van der Waals surface area contributed by atoms with Crippen LogP contribution in [0.3, 0.4) is 0 Å². The van der Waals surface area contributed by atoms with E-state index < -0.39 is 0 Å². The maximum Gasteiger partial charge on any atom is 0.152 e. The first-order chi connectivity index (χ1) is 5.77. The molecule has 2 nitrogen and oxygen atoms in total. The van der Waals surface area contributed by atoms with Crippen LogP contribution >= 0.6 is 11.6 Å². The molecule has 0 amide bonds. The summed E-state index contributed by atoms with van der Waals surface area (Å²) in [7, 11) is 0. The van der Waals surface area contributed by atoms with Gasteiger partial charge in [0.2, 0.25) is 0 Å². The Balaban J connectivity index is 2.26. The van der Waals surface area contributed by atoms with E-state index in [1.807, 2.05) is 13.0 Å². The summed E-state index contributed by atoms with van der Waals surface area (Å²) in [5, 5.41) is 3.94. The van der Waals surface area contributed by atoms with Crippen LogP contribution in [0.2, 0.25) is 5.15 Å². The van der Waals surface area contributed by atoms with Crippen molar-refractivity contribution in [2.45, 2.75) is 25.8 Å². The van der Waals surface area contributed by atoms with Gasteiger partial charge in [-0.2, -0.15) is 0 Å². The second-order valence-corrected chi connectivity index (χ2v) is 3.57. The number of pyridine rings is 1. The lowest BCUT2D eigenvalue weighted by Gasteiger charge is -2.08. The molecule has 0 aliphatic heterocycles. The van der Waals surface area contributed by atoms with Crippen LogP contribution in [0.4, 0.5) is 5.69 Å². The lowest BCUT2D eigenvalue weighted by molar-refractivity contribution is 1.13. The molecule has 1 aliphatic rings. The van der Waals surface area contributed by atoms with E-state index in [4.69, 9.17) is 11.6 Å². The van der Waals surface area contributed by atoms with Crippen molar-refractivity contribution in [2.75, 3.05) is 5.32 Å². The number of anilines is 1. The Kier molecular flexibility index (Phi) is 1.93. The molecule has 0 aromatic carbocycles. The predicted octanol–water partition coefficient (Wildman–Crippen LogP) is 2.62. The number of nitrogens with one attached hydrogen (secondary N) is 1. The van der Waals surface area contributed by atoms with Crippen molar-refractivity contribution < 1.29 is 0 Å². The van der Waals surface area contributed by atoms with E-state index >= 15 is 0 Å². The minimum Gasteiger partial charge on any atom is -0.380 e. The van der Waals surface area contributed by atoms with Crippen LogP contribution in [-0.2, 0) is 0 Å². The number of aryl methyl sites for hydroxylation is 1. The summed E-state index contributed by atoms with van der Waals surface area (Å²) >= 11 is 5.93. The highest BCUT2D eigenvalue weighted by Gasteiger charge is 2.22. The quantitative estimate of drug-likeness (QED) is 0.712. The summed E-state index contributed by atoms with van der Waals surface area (Å²) in [6.07, 6.45) is 4.24. The first kappa shape index (κ1) is 7.87. The number of nitrogens with zero attached hydrogens (tertiary/aromatic N) is 1. The van der Waals surface area contributed by atoms with Gasteiger partial charge in [-0.15, -0.1) is 0 Å². The fraction of sp³-hybridized carbons (Fsp3) is 0.444. The van der Waals surface area contributed by atoms with Crippen molar-refractivity contribution in [1.29, 1.82) is 0 Å². The largest absolute Gasteiger partial charge is 0.380 e. The first-order valence-corrected chi connectivity index (χ1v) is 4.53. The van der Waals surface area contributed by atoms with Crippen LogP contribution in [-0.4, -0.2) is 11.0 Å². The monoisotopic (exact) mass is 182 g/mol. The molecule has 1 aromatic rings. The van der Waals surface area contributed by atoms with E-state index in [0.717, 1.165) is 5.69 Å². The van der Waals surface area contributed by atoms with Gasteiger partial charge in [-0.3, -0.25) is 0 Å². The summed E-state index contributed by atoms with van der Waals surface area (Å²) < 4.78 is 0. The third-order valence-electron chi connectivity index (χ3n) is 2.04. The number of rotatable bonds is 2. The molecule has 1 fully saturated rings. The number of halogens is 1. The molecule has 0 unspecified atom stereocenters. The Morgan fingerprint density at radius 3 is 2.92 bits per heavy atom.